The van der Waals surface area contributed by atoms with Crippen LogP contribution in [0.2, 0.25) is 0 Å². The van der Waals surface area contributed by atoms with E-state index in [2.05, 4.69) is 20.8 Å². The Morgan fingerprint density at radius 3 is 2.88 bits per heavy atom. The Balaban J connectivity index is 2.59. The van der Waals surface area contributed by atoms with Crippen LogP contribution in [0.1, 0.15) is 6.92 Å². The summed E-state index contributed by atoms with van der Waals surface area (Å²) in [5.74, 6) is 0.154. The summed E-state index contributed by atoms with van der Waals surface area (Å²) in [6.07, 6.45) is 0. The number of hydrogen-bond acceptors (Lipinski definition) is 4. The van der Waals surface area contributed by atoms with E-state index in [1.54, 1.807) is 12.1 Å². The second-order valence-corrected chi connectivity index (χ2v) is 7.14. The summed E-state index contributed by atoms with van der Waals surface area (Å²) in [7, 11) is -3.16. The molecule has 1 unspecified atom stereocenters. The molecule has 0 amide bonds. The highest BCUT2D eigenvalue weighted by Crippen LogP contribution is 2.35. The number of nitrogens with two attached hydrogens (primary N) is 1. The Labute approximate surface area is 110 Å². The number of rotatable bonds is 2. The predicted octanol–water partition coefficient (Wildman–Crippen LogP) is 1.39. The fraction of sp³-hybridized carbons (Fsp3) is 0.455. The van der Waals surface area contributed by atoms with E-state index in [1.165, 1.54) is 0 Å². The Hall–Kier alpha value is -0.590. The first-order valence-corrected chi connectivity index (χ1v) is 7.89. The molecule has 2 N–H and O–H groups in total. The molecule has 4 nitrogen and oxygen atoms in total. The molecule has 17 heavy (non-hydrogen) atoms. The molecule has 0 aliphatic carbocycles. The van der Waals surface area contributed by atoms with E-state index in [-0.39, 0.29) is 11.8 Å². The average molecular weight is 319 g/mol. The van der Waals surface area contributed by atoms with Crippen LogP contribution < -0.4 is 10.6 Å². The van der Waals surface area contributed by atoms with E-state index < -0.39 is 9.84 Å². The van der Waals surface area contributed by atoms with E-state index in [1.807, 2.05) is 13.0 Å². The lowest BCUT2D eigenvalue weighted by molar-refractivity contribution is 0.572. The van der Waals surface area contributed by atoms with Crippen molar-refractivity contribution < 1.29 is 8.42 Å². The third-order valence-corrected chi connectivity index (χ3v) is 5.36. The average Bonchev–Trinajstić information content (AvgIpc) is 2.23. The normalized spacial score (nSPS) is 22.3. The van der Waals surface area contributed by atoms with E-state index in [9.17, 15) is 8.42 Å². The first kappa shape index (κ1) is 12.9. The SMILES string of the molecule is CC1CS(=O)(=O)c2ccc(Br)cc2N1CCN. The molecule has 1 atom stereocenters. The van der Waals surface area contributed by atoms with Crippen LogP contribution in [0.15, 0.2) is 27.6 Å². The highest BCUT2D eigenvalue weighted by atomic mass is 79.9. The zero-order valence-corrected chi connectivity index (χ0v) is 12.0. The molecule has 6 heteroatoms. The minimum atomic E-state index is -3.16. The van der Waals surface area contributed by atoms with Gasteiger partial charge in [-0.1, -0.05) is 15.9 Å². The molecule has 0 radical (unpaired) electrons. The van der Waals surface area contributed by atoms with E-state index in [4.69, 9.17) is 5.73 Å². The molecular weight excluding hydrogens is 304 g/mol. The van der Waals surface area contributed by atoms with Gasteiger partial charge in [0, 0.05) is 23.6 Å². The molecule has 0 saturated heterocycles. The predicted molar refractivity (Wildman–Crippen MR) is 72.1 cm³/mol. The summed E-state index contributed by atoms with van der Waals surface area (Å²) < 4.78 is 25.0. The van der Waals surface area contributed by atoms with Crippen LogP contribution in [-0.4, -0.2) is 33.3 Å². The van der Waals surface area contributed by atoms with Gasteiger partial charge >= 0.3 is 0 Å². The largest absolute Gasteiger partial charge is 0.365 e. The quantitative estimate of drug-likeness (QED) is 0.895. The van der Waals surface area contributed by atoms with Gasteiger partial charge in [0.25, 0.3) is 0 Å². The summed E-state index contributed by atoms with van der Waals surface area (Å²) in [5.41, 5.74) is 6.33. The maximum absolute atomic E-state index is 12.1. The number of nitrogens with zero attached hydrogens (tertiary/aromatic N) is 1. The lowest BCUT2D eigenvalue weighted by Gasteiger charge is -2.36. The Morgan fingerprint density at radius 2 is 2.24 bits per heavy atom. The van der Waals surface area contributed by atoms with Gasteiger partial charge in [0.15, 0.2) is 9.84 Å². The molecule has 1 heterocycles. The molecule has 0 fully saturated rings. The Bertz CT molecular complexity index is 530. The third-order valence-electron chi connectivity index (χ3n) is 2.93. The van der Waals surface area contributed by atoms with Crippen LogP contribution in [0, 0.1) is 0 Å². The van der Waals surface area contributed by atoms with Crippen molar-refractivity contribution in [1.82, 2.24) is 0 Å². The van der Waals surface area contributed by atoms with Crippen LogP contribution in [-0.2, 0) is 9.84 Å². The van der Waals surface area contributed by atoms with Gasteiger partial charge in [-0.3, -0.25) is 0 Å². The molecule has 94 valence electrons. The van der Waals surface area contributed by atoms with Crippen LogP contribution in [0.5, 0.6) is 0 Å². The van der Waals surface area contributed by atoms with Crippen molar-refractivity contribution >= 4 is 31.5 Å². The van der Waals surface area contributed by atoms with Gasteiger partial charge in [-0.25, -0.2) is 8.42 Å². The number of sulfone groups is 1. The molecule has 0 spiro atoms. The minimum Gasteiger partial charge on any atom is -0.365 e. The lowest BCUT2D eigenvalue weighted by Crippen LogP contribution is -2.45. The second kappa shape index (κ2) is 4.59. The maximum atomic E-state index is 12.1. The fourth-order valence-electron chi connectivity index (χ4n) is 2.19. The zero-order chi connectivity index (χ0) is 12.6. The summed E-state index contributed by atoms with van der Waals surface area (Å²) in [6, 6.07) is 5.22. The van der Waals surface area contributed by atoms with E-state index >= 15 is 0 Å². The van der Waals surface area contributed by atoms with Gasteiger partial charge in [-0.15, -0.1) is 0 Å². The van der Waals surface area contributed by atoms with Crippen molar-refractivity contribution in [2.75, 3.05) is 23.7 Å². The molecule has 2 rings (SSSR count). The molecule has 0 bridgehead atoms. The van der Waals surface area contributed by atoms with Gasteiger partial charge in [0.05, 0.1) is 16.3 Å². The van der Waals surface area contributed by atoms with Gasteiger partial charge < -0.3 is 10.6 Å². The molecule has 0 saturated carbocycles. The van der Waals surface area contributed by atoms with Gasteiger partial charge in [0.2, 0.25) is 0 Å². The highest BCUT2D eigenvalue weighted by Gasteiger charge is 2.32. The first-order valence-electron chi connectivity index (χ1n) is 5.45. The number of benzene rings is 1. The molecule has 1 aliphatic heterocycles. The van der Waals surface area contributed by atoms with Crippen molar-refractivity contribution in [3.8, 4) is 0 Å². The topological polar surface area (TPSA) is 63.4 Å². The second-order valence-electron chi connectivity index (χ2n) is 4.22. The summed E-state index contributed by atoms with van der Waals surface area (Å²) >= 11 is 3.37. The van der Waals surface area contributed by atoms with Crippen molar-refractivity contribution in [3.63, 3.8) is 0 Å². The van der Waals surface area contributed by atoms with Gasteiger partial charge in [-0.05, 0) is 25.1 Å². The van der Waals surface area contributed by atoms with Crippen molar-refractivity contribution in [3.05, 3.63) is 22.7 Å². The van der Waals surface area contributed by atoms with Crippen LogP contribution in [0.25, 0.3) is 0 Å². The number of anilines is 1. The highest BCUT2D eigenvalue weighted by molar-refractivity contribution is 9.10. The van der Waals surface area contributed by atoms with Crippen molar-refractivity contribution in [2.24, 2.45) is 5.73 Å². The monoisotopic (exact) mass is 318 g/mol. The summed E-state index contributed by atoms with van der Waals surface area (Å²) in [4.78, 5) is 2.47. The van der Waals surface area contributed by atoms with E-state index in [0.717, 1.165) is 10.2 Å². The van der Waals surface area contributed by atoms with Crippen molar-refractivity contribution in [1.29, 1.82) is 0 Å². The van der Waals surface area contributed by atoms with Crippen molar-refractivity contribution in [2.45, 2.75) is 17.9 Å². The standard InChI is InChI=1S/C11H15BrN2O2S/c1-8-7-17(15,16)11-3-2-9(12)6-10(11)14(8)5-4-13/h2-3,6,8H,4-5,7,13H2,1H3. The minimum absolute atomic E-state index is 0.0367. The lowest BCUT2D eigenvalue weighted by atomic mass is 10.2. The molecule has 1 aliphatic rings. The molecule has 0 aromatic heterocycles. The van der Waals surface area contributed by atoms with Gasteiger partial charge in [0.1, 0.15) is 0 Å². The van der Waals surface area contributed by atoms with Crippen LogP contribution >= 0.6 is 15.9 Å². The molecular formula is C11H15BrN2O2S. The van der Waals surface area contributed by atoms with Crippen LogP contribution in [0.3, 0.4) is 0 Å². The fourth-order valence-corrected chi connectivity index (χ4v) is 4.31. The molecule has 1 aromatic carbocycles. The Morgan fingerprint density at radius 1 is 1.53 bits per heavy atom. The number of hydrogen-bond donors (Lipinski definition) is 1. The van der Waals surface area contributed by atoms with E-state index in [0.29, 0.717) is 18.0 Å². The summed E-state index contributed by atoms with van der Waals surface area (Å²) in [6.45, 7) is 3.09. The zero-order valence-electron chi connectivity index (χ0n) is 9.56. The Kier molecular flexibility index (Phi) is 3.47. The van der Waals surface area contributed by atoms with Gasteiger partial charge in [-0.2, -0.15) is 0 Å². The smallest absolute Gasteiger partial charge is 0.182 e. The number of halogens is 1. The summed E-state index contributed by atoms with van der Waals surface area (Å²) in [5, 5.41) is 0. The third kappa shape index (κ3) is 2.34. The van der Waals surface area contributed by atoms with Crippen LogP contribution in [0.4, 0.5) is 5.69 Å². The molecule has 1 aromatic rings. The maximum Gasteiger partial charge on any atom is 0.182 e. The first-order chi connectivity index (χ1) is 7.95. The number of fused-ring (bicyclic) bond motifs is 1.